The first-order valence-electron chi connectivity index (χ1n) is 9.90. The molecule has 31 heavy (non-hydrogen) atoms. The van der Waals surface area contributed by atoms with Crippen molar-refractivity contribution in [3.8, 4) is 5.75 Å². The van der Waals surface area contributed by atoms with Gasteiger partial charge in [0.25, 0.3) is 5.91 Å². The second-order valence-electron chi connectivity index (χ2n) is 7.21. The molecule has 1 amide bonds. The quantitative estimate of drug-likeness (QED) is 0.563. The van der Waals surface area contributed by atoms with Crippen molar-refractivity contribution in [2.45, 2.75) is 6.04 Å². The Balaban J connectivity index is 1.69. The second kappa shape index (κ2) is 10.3. The molecule has 1 N–H and O–H groups in total. The van der Waals surface area contributed by atoms with E-state index < -0.39 is 5.97 Å². The average Bonchev–Trinajstić information content (AvgIpc) is 2.81. The summed E-state index contributed by atoms with van der Waals surface area (Å²) in [5, 5.41) is 2.96. The van der Waals surface area contributed by atoms with Gasteiger partial charge < -0.3 is 19.7 Å². The minimum Gasteiger partial charge on any atom is -0.497 e. The number of carbonyl (C=O) groups is 2. The van der Waals surface area contributed by atoms with Crippen LogP contribution in [0.25, 0.3) is 0 Å². The third-order valence-electron chi connectivity index (χ3n) is 4.82. The van der Waals surface area contributed by atoms with Crippen molar-refractivity contribution >= 4 is 17.6 Å². The average molecular weight is 418 g/mol. The van der Waals surface area contributed by atoms with Gasteiger partial charge in [-0.25, -0.2) is 4.79 Å². The molecule has 0 aromatic heterocycles. The molecule has 3 rings (SSSR count). The molecule has 0 radical (unpaired) electrons. The predicted octanol–water partition coefficient (Wildman–Crippen LogP) is 3.82. The molecule has 160 valence electrons. The highest BCUT2D eigenvalue weighted by atomic mass is 16.5. The maximum atomic E-state index is 12.6. The van der Waals surface area contributed by atoms with Crippen LogP contribution in [0.1, 0.15) is 27.5 Å². The molecular formula is C25H26N2O4. The zero-order chi connectivity index (χ0) is 22.2. The molecule has 0 bridgehead atoms. The van der Waals surface area contributed by atoms with Crippen molar-refractivity contribution in [1.29, 1.82) is 0 Å². The van der Waals surface area contributed by atoms with E-state index in [0.717, 1.165) is 22.6 Å². The topological polar surface area (TPSA) is 67.9 Å². The van der Waals surface area contributed by atoms with Crippen LogP contribution in [-0.2, 0) is 9.53 Å². The van der Waals surface area contributed by atoms with E-state index >= 15 is 0 Å². The van der Waals surface area contributed by atoms with Gasteiger partial charge in [0.1, 0.15) is 5.75 Å². The van der Waals surface area contributed by atoms with Gasteiger partial charge in [0.15, 0.2) is 6.61 Å². The van der Waals surface area contributed by atoms with Gasteiger partial charge in [-0.2, -0.15) is 0 Å². The first-order valence-corrected chi connectivity index (χ1v) is 9.90. The number of amides is 1. The fourth-order valence-electron chi connectivity index (χ4n) is 3.13. The molecule has 0 saturated carbocycles. The summed E-state index contributed by atoms with van der Waals surface area (Å²) >= 11 is 0. The molecule has 0 spiro atoms. The summed E-state index contributed by atoms with van der Waals surface area (Å²) in [5.74, 6) is -0.197. The number of esters is 1. The third-order valence-corrected chi connectivity index (χ3v) is 4.82. The van der Waals surface area contributed by atoms with Crippen LogP contribution in [0.3, 0.4) is 0 Å². The van der Waals surface area contributed by atoms with E-state index in [4.69, 9.17) is 9.47 Å². The number of hydrogen-bond acceptors (Lipinski definition) is 5. The fraction of sp³-hybridized carbons (Fsp3) is 0.200. The minimum absolute atomic E-state index is 0.371. The Morgan fingerprint density at radius 1 is 0.903 bits per heavy atom. The largest absolute Gasteiger partial charge is 0.497 e. The predicted molar refractivity (Wildman–Crippen MR) is 120 cm³/mol. The van der Waals surface area contributed by atoms with Gasteiger partial charge in [-0.15, -0.1) is 0 Å². The number of carbonyl (C=O) groups excluding carboxylic acids is 2. The Morgan fingerprint density at radius 3 is 2.23 bits per heavy atom. The zero-order valence-corrected chi connectivity index (χ0v) is 17.9. The standard InChI is InChI=1S/C25H26N2O4/c1-27(2)21-11-7-10-20(16-21)25(29)31-17-23(28)26-24(18-8-5-4-6-9-18)19-12-14-22(30-3)15-13-19/h4-16,24H,17H2,1-3H3,(H,26,28)/t24-/m1/s1. The SMILES string of the molecule is COc1ccc([C@H](NC(=O)COC(=O)c2cccc(N(C)C)c2)c2ccccc2)cc1. The van der Waals surface area contributed by atoms with Gasteiger partial charge >= 0.3 is 5.97 Å². The van der Waals surface area contributed by atoms with Crippen molar-refractivity contribution in [2.24, 2.45) is 0 Å². The highest BCUT2D eigenvalue weighted by Crippen LogP contribution is 2.24. The van der Waals surface area contributed by atoms with E-state index in [-0.39, 0.29) is 18.6 Å². The molecule has 6 nitrogen and oxygen atoms in total. The summed E-state index contributed by atoms with van der Waals surface area (Å²) in [4.78, 5) is 26.9. The Kier molecular flexibility index (Phi) is 7.27. The lowest BCUT2D eigenvalue weighted by Gasteiger charge is -2.20. The number of methoxy groups -OCH3 is 1. The van der Waals surface area contributed by atoms with Gasteiger partial charge in [-0.05, 0) is 41.5 Å². The lowest BCUT2D eigenvalue weighted by atomic mass is 9.98. The van der Waals surface area contributed by atoms with E-state index in [1.807, 2.05) is 79.7 Å². The highest BCUT2D eigenvalue weighted by Gasteiger charge is 2.18. The van der Waals surface area contributed by atoms with Gasteiger partial charge in [0.2, 0.25) is 0 Å². The van der Waals surface area contributed by atoms with Crippen LogP contribution in [-0.4, -0.2) is 39.7 Å². The molecule has 1 atom stereocenters. The van der Waals surface area contributed by atoms with E-state index in [2.05, 4.69) is 5.32 Å². The first kappa shape index (κ1) is 21.9. The fourth-order valence-corrected chi connectivity index (χ4v) is 3.13. The van der Waals surface area contributed by atoms with Crippen LogP contribution in [0.15, 0.2) is 78.9 Å². The maximum Gasteiger partial charge on any atom is 0.338 e. The van der Waals surface area contributed by atoms with Crippen molar-refractivity contribution in [1.82, 2.24) is 5.32 Å². The Morgan fingerprint density at radius 2 is 1.58 bits per heavy atom. The molecule has 0 aliphatic rings. The Labute approximate surface area is 182 Å². The monoisotopic (exact) mass is 418 g/mol. The smallest absolute Gasteiger partial charge is 0.338 e. The summed E-state index contributed by atoms with van der Waals surface area (Å²) in [5.41, 5.74) is 3.09. The molecule has 0 aliphatic carbocycles. The van der Waals surface area contributed by atoms with Crippen molar-refractivity contribution in [3.63, 3.8) is 0 Å². The van der Waals surface area contributed by atoms with Crippen LogP contribution >= 0.6 is 0 Å². The lowest BCUT2D eigenvalue weighted by molar-refractivity contribution is -0.124. The number of hydrogen-bond donors (Lipinski definition) is 1. The third kappa shape index (κ3) is 5.85. The van der Waals surface area contributed by atoms with E-state index in [0.29, 0.717) is 5.56 Å². The van der Waals surface area contributed by atoms with Crippen LogP contribution in [0.4, 0.5) is 5.69 Å². The van der Waals surface area contributed by atoms with Crippen molar-refractivity contribution in [2.75, 3.05) is 32.7 Å². The van der Waals surface area contributed by atoms with Gasteiger partial charge in [-0.3, -0.25) is 4.79 Å². The van der Waals surface area contributed by atoms with Gasteiger partial charge in [0, 0.05) is 19.8 Å². The Hall–Kier alpha value is -3.80. The van der Waals surface area contributed by atoms with E-state index in [9.17, 15) is 9.59 Å². The van der Waals surface area contributed by atoms with Crippen LogP contribution in [0.5, 0.6) is 5.75 Å². The van der Waals surface area contributed by atoms with E-state index in [1.165, 1.54) is 0 Å². The zero-order valence-electron chi connectivity index (χ0n) is 17.9. The molecule has 3 aromatic carbocycles. The van der Waals surface area contributed by atoms with Crippen molar-refractivity contribution in [3.05, 3.63) is 95.6 Å². The number of rotatable bonds is 8. The molecule has 0 aliphatic heterocycles. The molecular weight excluding hydrogens is 392 g/mol. The number of ether oxygens (including phenoxy) is 2. The minimum atomic E-state index is -0.542. The summed E-state index contributed by atoms with van der Waals surface area (Å²) in [6, 6.07) is 23.8. The summed E-state index contributed by atoms with van der Waals surface area (Å²) in [6.07, 6.45) is 0. The molecule has 3 aromatic rings. The Bertz CT molecular complexity index is 1020. The molecule has 0 heterocycles. The normalized spacial score (nSPS) is 11.3. The lowest BCUT2D eigenvalue weighted by Crippen LogP contribution is -2.33. The second-order valence-corrected chi connectivity index (χ2v) is 7.21. The number of nitrogens with zero attached hydrogens (tertiary/aromatic N) is 1. The van der Waals surface area contributed by atoms with Gasteiger partial charge in [0.05, 0.1) is 18.7 Å². The van der Waals surface area contributed by atoms with Crippen LogP contribution < -0.4 is 15.0 Å². The summed E-state index contributed by atoms with van der Waals surface area (Å²) < 4.78 is 10.5. The van der Waals surface area contributed by atoms with Crippen molar-refractivity contribution < 1.29 is 19.1 Å². The first-order chi connectivity index (χ1) is 15.0. The summed E-state index contributed by atoms with van der Waals surface area (Å²) in [6.45, 7) is -0.371. The van der Waals surface area contributed by atoms with Crippen LogP contribution in [0, 0.1) is 0 Å². The number of nitrogens with one attached hydrogen (secondary N) is 1. The van der Waals surface area contributed by atoms with E-state index in [1.54, 1.807) is 25.3 Å². The number of benzene rings is 3. The molecule has 0 fully saturated rings. The number of anilines is 1. The molecule has 0 unspecified atom stereocenters. The maximum absolute atomic E-state index is 12.6. The molecule has 0 saturated heterocycles. The molecule has 6 heteroatoms. The van der Waals surface area contributed by atoms with Gasteiger partial charge in [-0.1, -0.05) is 48.5 Å². The van der Waals surface area contributed by atoms with Crippen LogP contribution in [0.2, 0.25) is 0 Å². The highest BCUT2D eigenvalue weighted by molar-refractivity contribution is 5.92. The summed E-state index contributed by atoms with van der Waals surface area (Å²) in [7, 11) is 5.38.